The van der Waals surface area contributed by atoms with Crippen molar-refractivity contribution in [1.82, 2.24) is 4.90 Å². The molecule has 0 unspecified atom stereocenters. The van der Waals surface area contributed by atoms with E-state index in [9.17, 15) is 9.59 Å². The average Bonchev–Trinajstić information content (AvgIpc) is 3.46. The second kappa shape index (κ2) is 34.0. The number of para-hydroxylation sites is 1. The van der Waals surface area contributed by atoms with Crippen LogP contribution in [0, 0.1) is 0 Å². The SMILES string of the molecule is O=C1c2ccccc2C(=O)N1CCOCCOCCOCCOCCOCCOCCOCCOCCOCCOCCOCCOCCOc1ccccc1. The maximum atomic E-state index is 12.3. The Hall–Kier alpha value is -3.10. The van der Waals surface area contributed by atoms with Crippen LogP contribution < -0.4 is 4.74 Å². The molecule has 0 aromatic heterocycles. The highest BCUT2D eigenvalue weighted by molar-refractivity contribution is 6.21. The van der Waals surface area contributed by atoms with Crippen LogP contribution in [-0.2, 0) is 56.8 Å². The lowest BCUT2D eigenvalue weighted by Gasteiger charge is -2.13. The molecule has 0 saturated heterocycles. The Labute approximate surface area is 330 Å². The summed E-state index contributed by atoms with van der Waals surface area (Å²) in [4.78, 5) is 25.8. The highest BCUT2D eigenvalue weighted by Crippen LogP contribution is 2.21. The van der Waals surface area contributed by atoms with Crippen molar-refractivity contribution in [2.45, 2.75) is 0 Å². The summed E-state index contributed by atoms with van der Waals surface area (Å²) in [6, 6.07) is 16.5. The molecule has 0 spiro atoms. The van der Waals surface area contributed by atoms with Gasteiger partial charge in [0.15, 0.2) is 0 Å². The third-order valence-electron chi connectivity index (χ3n) is 7.67. The number of amides is 2. The van der Waals surface area contributed by atoms with Crippen molar-refractivity contribution in [3.8, 4) is 5.75 Å². The predicted molar refractivity (Wildman–Crippen MR) is 204 cm³/mol. The molecule has 3 rings (SSSR count). The van der Waals surface area contributed by atoms with Gasteiger partial charge in [-0.05, 0) is 24.3 Å². The van der Waals surface area contributed by atoms with Gasteiger partial charge in [0.2, 0.25) is 0 Å². The standard InChI is InChI=1S/C40H61NO15/c42-39-37-8-4-5-9-38(37)40(43)41(39)10-11-44-12-13-45-14-15-46-16-17-47-18-19-48-20-21-49-22-23-50-24-25-51-26-27-52-28-29-53-30-31-54-32-33-55-34-35-56-36-6-2-1-3-7-36/h1-9H,10-35H2. The van der Waals surface area contributed by atoms with Crippen LogP contribution in [0.4, 0.5) is 0 Å². The molecule has 2 amide bonds. The third-order valence-corrected chi connectivity index (χ3v) is 7.67. The summed E-state index contributed by atoms with van der Waals surface area (Å²) < 4.78 is 71.4. The summed E-state index contributed by atoms with van der Waals surface area (Å²) in [6.07, 6.45) is 0. The third kappa shape index (κ3) is 23.2. The fraction of sp³-hybridized carbons (Fsp3) is 0.650. The smallest absolute Gasteiger partial charge is 0.261 e. The van der Waals surface area contributed by atoms with Crippen LogP contribution in [0.15, 0.2) is 54.6 Å². The lowest BCUT2D eigenvalue weighted by atomic mass is 10.1. The molecular formula is C40H61NO15. The highest BCUT2D eigenvalue weighted by atomic mass is 16.6. The van der Waals surface area contributed by atoms with E-state index < -0.39 is 0 Å². The summed E-state index contributed by atoms with van der Waals surface area (Å²) in [5, 5.41) is 0. The quantitative estimate of drug-likeness (QED) is 0.0716. The van der Waals surface area contributed by atoms with Gasteiger partial charge in [0, 0.05) is 0 Å². The number of imide groups is 1. The lowest BCUT2D eigenvalue weighted by molar-refractivity contribution is -0.0286. The molecule has 16 nitrogen and oxygen atoms in total. The fourth-order valence-electron chi connectivity index (χ4n) is 4.85. The van der Waals surface area contributed by atoms with Crippen LogP contribution in [0.3, 0.4) is 0 Å². The predicted octanol–water partition coefficient (Wildman–Crippen LogP) is 2.56. The van der Waals surface area contributed by atoms with Crippen LogP contribution in [0.2, 0.25) is 0 Å². The molecule has 1 heterocycles. The molecule has 316 valence electrons. The maximum absolute atomic E-state index is 12.3. The van der Waals surface area contributed by atoms with Crippen molar-refractivity contribution in [1.29, 1.82) is 0 Å². The summed E-state index contributed by atoms with van der Waals surface area (Å²) in [6.45, 7) is 11.9. The summed E-state index contributed by atoms with van der Waals surface area (Å²) in [7, 11) is 0. The number of carbonyl (C=O) groups is 2. The van der Waals surface area contributed by atoms with Crippen LogP contribution in [0.1, 0.15) is 20.7 Å². The second-order valence-electron chi connectivity index (χ2n) is 11.8. The van der Waals surface area contributed by atoms with E-state index in [1.807, 2.05) is 30.3 Å². The van der Waals surface area contributed by atoms with Gasteiger partial charge in [-0.1, -0.05) is 30.3 Å². The molecule has 0 N–H and O–H groups in total. The monoisotopic (exact) mass is 795 g/mol. The Kier molecular flexibility index (Phi) is 28.7. The van der Waals surface area contributed by atoms with Crippen molar-refractivity contribution in [2.75, 3.05) is 172 Å². The van der Waals surface area contributed by atoms with E-state index in [2.05, 4.69) is 0 Å². The minimum atomic E-state index is -0.280. The molecule has 56 heavy (non-hydrogen) atoms. The Morgan fingerprint density at radius 2 is 0.554 bits per heavy atom. The fourth-order valence-corrected chi connectivity index (χ4v) is 4.85. The minimum absolute atomic E-state index is 0.211. The first kappa shape index (κ1) is 47.3. The Balaban J connectivity index is 0.894. The zero-order chi connectivity index (χ0) is 39.4. The highest BCUT2D eigenvalue weighted by Gasteiger charge is 2.34. The Bertz CT molecular complexity index is 1210. The van der Waals surface area contributed by atoms with E-state index in [-0.39, 0.29) is 25.0 Å². The van der Waals surface area contributed by atoms with E-state index in [1.54, 1.807) is 24.3 Å². The van der Waals surface area contributed by atoms with Gasteiger partial charge in [0.05, 0.1) is 176 Å². The second-order valence-corrected chi connectivity index (χ2v) is 11.8. The summed E-state index contributed by atoms with van der Waals surface area (Å²) in [5.74, 6) is 0.279. The van der Waals surface area contributed by atoms with Gasteiger partial charge >= 0.3 is 0 Å². The molecule has 0 fully saturated rings. The van der Waals surface area contributed by atoms with Crippen LogP contribution in [-0.4, -0.2) is 188 Å². The van der Waals surface area contributed by atoms with Crippen molar-refractivity contribution in [3.63, 3.8) is 0 Å². The molecule has 2 aromatic carbocycles. The van der Waals surface area contributed by atoms with Crippen LogP contribution in [0.25, 0.3) is 0 Å². The van der Waals surface area contributed by atoms with Gasteiger partial charge in [0.25, 0.3) is 11.8 Å². The van der Waals surface area contributed by atoms with E-state index in [4.69, 9.17) is 61.6 Å². The number of hydrogen-bond acceptors (Lipinski definition) is 15. The first-order valence-electron chi connectivity index (χ1n) is 19.3. The van der Waals surface area contributed by atoms with Crippen LogP contribution in [0.5, 0.6) is 5.75 Å². The number of hydrogen-bond donors (Lipinski definition) is 0. The number of nitrogens with zero attached hydrogens (tertiary/aromatic N) is 1. The summed E-state index contributed by atoms with van der Waals surface area (Å²) >= 11 is 0. The molecule has 0 atom stereocenters. The molecule has 2 aromatic rings. The number of carbonyl (C=O) groups excluding carboxylic acids is 2. The van der Waals surface area contributed by atoms with E-state index in [0.29, 0.717) is 170 Å². The number of fused-ring (bicyclic) bond motifs is 1. The topological polar surface area (TPSA) is 157 Å². The minimum Gasteiger partial charge on any atom is -0.491 e. The first-order chi connectivity index (χ1) is 27.8. The van der Waals surface area contributed by atoms with Gasteiger partial charge in [-0.25, -0.2) is 0 Å². The molecule has 0 bridgehead atoms. The van der Waals surface area contributed by atoms with Crippen molar-refractivity contribution >= 4 is 11.8 Å². The van der Waals surface area contributed by atoms with E-state index in [0.717, 1.165) is 5.75 Å². The molecule has 1 aliphatic rings. The zero-order valence-corrected chi connectivity index (χ0v) is 32.7. The van der Waals surface area contributed by atoms with Gasteiger partial charge in [-0.2, -0.15) is 0 Å². The van der Waals surface area contributed by atoms with E-state index in [1.165, 1.54) is 4.90 Å². The normalized spacial score (nSPS) is 12.5. The average molecular weight is 796 g/mol. The van der Waals surface area contributed by atoms with Crippen molar-refractivity contribution in [3.05, 3.63) is 65.7 Å². The van der Waals surface area contributed by atoms with Crippen LogP contribution >= 0.6 is 0 Å². The molecule has 0 radical (unpaired) electrons. The summed E-state index contributed by atoms with van der Waals surface area (Å²) in [5.41, 5.74) is 0.880. The Morgan fingerprint density at radius 3 is 0.857 bits per heavy atom. The van der Waals surface area contributed by atoms with E-state index >= 15 is 0 Å². The molecule has 0 aliphatic carbocycles. The van der Waals surface area contributed by atoms with Crippen molar-refractivity contribution < 1.29 is 71.2 Å². The van der Waals surface area contributed by atoms with Gasteiger partial charge in [-0.3, -0.25) is 14.5 Å². The Morgan fingerprint density at radius 1 is 0.304 bits per heavy atom. The van der Waals surface area contributed by atoms with Gasteiger partial charge in [0.1, 0.15) is 12.4 Å². The number of rotatable bonds is 40. The van der Waals surface area contributed by atoms with Gasteiger partial charge < -0.3 is 61.6 Å². The maximum Gasteiger partial charge on any atom is 0.261 e. The van der Waals surface area contributed by atoms with Gasteiger partial charge in [-0.15, -0.1) is 0 Å². The zero-order valence-electron chi connectivity index (χ0n) is 32.7. The number of benzene rings is 2. The molecule has 16 heteroatoms. The lowest BCUT2D eigenvalue weighted by Crippen LogP contribution is -2.33. The molecule has 0 saturated carbocycles. The number of ether oxygens (including phenoxy) is 13. The first-order valence-corrected chi connectivity index (χ1v) is 19.3. The van der Waals surface area contributed by atoms with Crippen molar-refractivity contribution in [2.24, 2.45) is 0 Å². The molecule has 1 aliphatic heterocycles. The molecular weight excluding hydrogens is 734 g/mol. The largest absolute Gasteiger partial charge is 0.491 e.